The number of carboxylic acid groups (broad SMARTS) is 1. The topological polar surface area (TPSA) is 40.5 Å². The third-order valence-electron chi connectivity index (χ3n) is 4.06. The van der Waals surface area contributed by atoms with Gasteiger partial charge in [-0.15, -0.1) is 0 Å². The molecule has 0 bridgehead atoms. The zero-order chi connectivity index (χ0) is 14.8. The second kappa shape index (κ2) is 5.87. The lowest BCUT2D eigenvalue weighted by Crippen LogP contribution is -2.34. The molecule has 2 rings (SSSR count). The summed E-state index contributed by atoms with van der Waals surface area (Å²) in [4.78, 5) is 13.3. The highest BCUT2D eigenvalue weighted by Gasteiger charge is 2.44. The molecule has 0 saturated carbocycles. The molecule has 5 heteroatoms. The quantitative estimate of drug-likeness (QED) is 0.903. The van der Waals surface area contributed by atoms with E-state index >= 15 is 0 Å². The third-order valence-corrected chi connectivity index (χ3v) is 4.06. The SMILES string of the molecule is CCCC1(C(=O)O)CCN(Cc2c(F)cccc2F)C1. The van der Waals surface area contributed by atoms with Crippen LogP contribution >= 0.6 is 0 Å². The van der Waals surface area contributed by atoms with Crippen molar-refractivity contribution in [3.05, 3.63) is 35.4 Å². The van der Waals surface area contributed by atoms with Crippen molar-refractivity contribution in [2.24, 2.45) is 5.41 Å². The fourth-order valence-corrected chi connectivity index (χ4v) is 2.96. The number of halogens is 2. The molecule has 0 aromatic heterocycles. The van der Waals surface area contributed by atoms with Gasteiger partial charge in [0.1, 0.15) is 11.6 Å². The van der Waals surface area contributed by atoms with Crippen LogP contribution in [0.15, 0.2) is 18.2 Å². The van der Waals surface area contributed by atoms with Crippen LogP contribution in [0.5, 0.6) is 0 Å². The molecule has 1 unspecified atom stereocenters. The molecule has 1 aliphatic heterocycles. The molecule has 3 nitrogen and oxygen atoms in total. The maximum absolute atomic E-state index is 13.6. The van der Waals surface area contributed by atoms with E-state index in [1.807, 2.05) is 11.8 Å². The van der Waals surface area contributed by atoms with Gasteiger partial charge in [-0.05, 0) is 31.5 Å². The monoisotopic (exact) mass is 283 g/mol. The second-order valence-corrected chi connectivity index (χ2v) is 5.50. The molecule has 20 heavy (non-hydrogen) atoms. The number of hydrogen-bond donors (Lipinski definition) is 1. The van der Waals surface area contributed by atoms with Crippen LogP contribution < -0.4 is 0 Å². The molecule has 1 aromatic rings. The maximum atomic E-state index is 13.6. The Morgan fingerprint density at radius 2 is 2.05 bits per heavy atom. The molecule has 1 saturated heterocycles. The lowest BCUT2D eigenvalue weighted by atomic mass is 9.83. The lowest BCUT2D eigenvalue weighted by Gasteiger charge is -2.24. The Kier molecular flexibility index (Phi) is 4.38. The van der Waals surface area contributed by atoms with Gasteiger partial charge in [-0.3, -0.25) is 9.69 Å². The van der Waals surface area contributed by atoms with Crippen LogP contribution in [-0.2, 0) is 11.3 Å². The normalized spacial score (nSPS) is 23.1. The van der Waals surface area contributed by atoms with Crippen LogP contribution in [0.3, 0.4) is 0 Å². The molecule has 1 heterocycles. The van der Waals surface area contributed by atoms with Crippen LogP contribution in [0.4, 0.5) is 8.78 Å². The minimum absolute atomic E-state index is 0.0187. The van der Waals surface area contributed by atoms with Crippen molar-refractivity contribution in [2.45, 2.75) is 32.7 Å². The summed E-state index contributed by atoms with van der Waals surface area (Å²) in [5.74, 6) is -1.96. The summed E-state index contributed by atoms with van der Waals surface area (Å²) in [6.45, 7) is 2.98. The van der Waals surface area contributed by atoms with E-state index in [1.54, 1.807) is 0 Å². The van der Waals surface area contributed by atoms with E-state index in [0.717, 1.165) is 6.42 Å². The molecule has 1 aliphatic rings. The smallest absolute Gasteiger partial charge is 0.310 e. The van der Waals surface area contributed by atoms with E-state index in [0.29, 0.717) is 25.9 Å². The molecule has 1 aromatic carbocycles. The van der Waals surface area contributed by atoms with Crippen LogP contribution in [0.2, 0.25) is 0 Å². The molecular weight excluding hydrogens is 264 g/mol. The fraction of sp³-hybridized carbons (Fsp3) is 0.533. The largest absolute Gasteiger partial charge is 0.481 e. The molecule has 0 aliphatic carbocycles. The first-order chi connectivity index (χ1) is 9.48. The summed E-state index contributed by atoms with van der Waals surface area (Å²) in [7, 11) is 0. The Bertz CT molecular complexity index is 486. The van der Waals surface area contributed by atoms with E-state index in [4.69, 9.17) is 0 Å². The highest BCUT2D eigenvalue weighted by atomic mass is 19.1. The minimum atomic E-state index is -0.809. The van der Waals surface area contributed by atoms with Crippen molar-refractivity contribution in [1.29, 1.82) is 0 Å². The Hall–Kier alpha value is -1.49. The summed E-state index contributed by atoms with van der Waals surface area (Å²) >= 11 is 0. The highest BCUT2D eigenvalue weighted by molar-refractivity contribution is 5.75. The van der Waals surface area contributed by atoms with E-state index < -0.39 is 23.0 Å². The Morgan fingerprint density at radius 3 is 2.60 bits per heavy atom. The summed E-state index contributed by atoms with van der Waals surface area (Å²) in [5, 5.41) is 9.41. The van der Waals surface area contributed by atoms with Gasteiger partial charge in [-0.25, -0.2) is 8.78 Å². The van der Waals surface area contributed by atoms with E-state index in [2.05, 4.69) is 0 Å². The molecule has 0 radical (unpaired) electrons. The summed E-state index contributed by atoms with van der Waals surface area (Å²) in [6.07, 6.45) is 1.92. The average molecular weight is 283 g/mol. The number of carbonyl (C=O) groups is 1. The number of likely N-dealkylation sites (tertiary alicyclic amines) is 1. The Labute approximate surface area is 117 Å². The molecule has 1 fully saturated rings. The van der Waals surface area contributed by atoms with Gasteiger partial charge in [-0.2, -0.15) is 0 Å². The van der Waals surface area contributed by atoms with Gasteiger partial charge in [0.15, 0.2) is 0 Å². The van der Waals surface area contributed by atoms with Gasteiger partial charge in [-0.1, -0.05) is 19.4 Å². The molecule has 110 valence electrons. The number of rotatable bonds is 5. The predicted octanol–water partition coefficient (Wildman–Crippen LogP) is 3.04. The van der Waals surface area contributed by atoms with Crippen molar-refractivity contribution >= 4 is 5.97 Å². The number of nitrogens with zero attached hydrogens (tertiary/aromatic N) is 1. The standard InChI is InChI=1S/C15H19F2NO2/c1-2-6-15(14(19)20)7-8-18(10-15)9-11-12(16)4-3-5-13(11)17/h3-5H,2,6-10H2,1H3,(H,19,20). The predicted molar refractivity (Wildman–Crippen MR) is 71.2 cm³/mol. The Balaban J connectivity index is 2.12. The number of benzene rings is 1. The molecule has 0 spiro atoms. The van der Waals surface area contributed by atoms with Crippen LogP contribution in [0.25, 0.3) is 0 Å². The van der Waals surface area contributed by atoms with Crippen molar-refractivity contribution in [1.82, 2.24) is 4.90 Å². The second-order valence-electron chi connectivity index (χ2n) is 5.50. The highest BCUT2D eigenvalue weighted by Crippen LogP contribution is 2.36. The zero-order valence-corrected chi connectivity index (χ0v) is 11.5. The van der Waals surface area contributed by atoms with E-state index in [-0.39, 0.29) is 12.1 Å². The average Bonchev–Trinajstić information content (AvgIpc) is 2.79. The zero-order valence-electron chi connectivity index (χ0n) is 11.5. The molecular formula is C15H19F2NO2. The lowest BCUT2D eigenvalue weighted by molar-refractivity contribution is -0.148. The molecule has 1 N–H and O–H groups in total. The van der Waals surface area contributed by atoms with Crippen molar-refractivity contribution in [3.8, 4) is 0 Å². The van der Waals surface area contributed by atoms with Crippen molar-refractivity contribution in [3.63, 3.8) is 0 Å². The van der Waals surface area contributed by atoms with Crippen molar-refractivity contribution in [2.75, 3.05) is 13.1 Å². The van der Waals surface area contributed by atoms with Crippen molar-refractivity contribution < 1.29 is 18.7 Å². The summed E-state index contributed by atoms with van der Waals surface area (Å²) in [5.41, 5.74) is -0.749. The van der Waals surface area contributed by atoms with Gasteiger partial charge in [0, 0.05) is 18.7 Å². The molecule has 0 amide bonds. The van der Waals surface area contributed by atoms with Gasteiger partial charge in [0.2, 0.25) is 0 Å². The van der Waals surface area contributed by atoms with Gasteiger partial charge in [0.05, 0.1) is 5.41 Å². The maximum Gasteiger partial charge on any atom is 0.310 e. The van der Waals surface area contributed by atoms with Crippen LogP contribution in [0.1, 0.15) is 31.7 Å². The number of carboxylic acids is 1. The van der Waals surface area contributed by atoms with E-state index in [1.165, 1.54) is 18.2 Å². The van der Waals surface area contributed by atoms with Gasteiger partial charge >= 0.3 is 5.97 Å². The van der Waals surface area contributed by atoms with E-state index in [9.17, 15) is 18.7 Å². The molecule has 1 atom stereocenters. The first-order valence-corrected chi connectivity index (χ1v) is 6.87. The van der Waals surface area contributed by atoms with Gasteiger partial charge in [0.25, 0.3) is 0 Å². The third kappa shape index (κ3) is 2.82. The number of aliphatic carboxylic acids is 1. The van der Waals surface area contributed by atoms with Crippen LogP contribution in [0, 0.1) is 17.0 Å². The Morgan fingerprint density at radius 1 is 1.40 bits per heavy atom. The number of hydrogen-bond acceptors (Lipinski definition) is 2. The summed E-state index contributed by atoms with van der Waals surface area (Å²) < 4.78 is 27.2. The first kappa shape index (κ1) is 14.9. The summed E-state index contributed by atoms with van der Waals surface area (Å²) in [6, 6.07) is 3.78. The minimum Gasteiger partial charge on any atom is -0.481 e. The first-order valence-electron chi connectivity index (χ1n) is 6.87. The van der Waals surface area contributed by atoms with Crippen LogP contribution in [-0.4, -0.2) is 29.1 Å². The van der Waals surface area contributed by atoms with Gasteiger partial charge < -0.3 is 5.11 Å². The fourth-order valence-electron chi connectivity index (χ4n) is 2.96.